The van der Waals surface area contributed by atoms with Gasteiger partial charge in [-0.15, -0.1) is 0 Å². The summed E-state index contributed by atoms with van der Waals surface area (Å²) < 4.78 is 27.1. The van der Waals surface area contributed by atoms with E-state index in [2.05, 4.69) is 20.6 Å². The number of rotatable bonds is 2. The number of ether oxygens (including phenoxy) is 2. The maximum absolute atomic E-state index is 15.1. The SMILES string of the molecule is CCc1ncnc(N2CC[C@@H]3Oc4ccc(cc4)CNC(=O)COc4cc(ccc4C)C(=O)N[C@H]3C2)c1F. The molecule has 1 saturated heterocycles. The number of hydrogen-bond donors (Lipinski definition) is 2. The highest BCUT2D eigenvalue weighted by atomic mass is 19.1. The maximum Gasteiger partial charge on any atom is 0.258 e. The number of hydrogen-bond acceptors (Lipinski definition) is 7. The third-order valence-electron chi connectivity index (χ3n) is 6.85. The van der Waals surface area contributed by atoms with Crippen LogP contribution >= 0.6 is 0 Å². The molecule has 9 nitrogen and oxygen atoms in total. The minimum Gasteiger partial charge on any atom is -0.488 e. The number of carbonyl (C=O) groups excluding carboxylic acids is 2. The fourth-order valence-electron chi connectivity index (χ4n) is 4.67. The van der Waals surface area contributed by atoms with Crippen molar-refractivity contribution in [2.45, 2.75) is 45.4 Å². The molecular weight excluding hydrogens is 489 g/mol. The van der Waals surface area contributed by atoms with Crippen LogP contribution in [0.5, 0.6) is 11.5 Å². The Morgan fingerprint density at radius 2 is 1.95 bits per heavy atom. The average Bonchev–Trinajstić information content (AvgIpc) is 2.93. The van der Waals surface area contributed by atoms with Crippen LogP contribution in [0.2, 0.25) is 0 Å². The van der Waals surface area contributed by atoms with Gasteiger partial charge in [0.05, 0.1) is 11.7 Å². The summed E-state index contributed by atoms with van der Waals surface area (Å²) in [4.78, 5) is 35.7. The van der Waals surface area contributed by atoms with E-state index in [4.69, 9.17) is 9.47 Å². The van der Waals surface area contributed by atoms with Gasteiger partial charge in [-0.25, -0.2) is 14.4 Å². The molecule has 2 atom stereocenters. The minimum absolute atomic E-state index is 0.170. The maximum atomic E-state index is 15.1. The number of piperidine rings is 1. The van der Waals surface area contributed by atoms with E-state index in [-0.39, 0.29) is 30.3 Å². The molecule has 1 aromatic heterocycles. The molecule has 1 fully saturated rings. The Balaban J connectivity index is 1.46. The highest BCUT2D eigenvalue weighted by molar-refractivity contribution is 5.95. The number of nitrogens with zero attached hydrogens (tertiary/aromatic N) is 3. The van der Waals surface area contributed by atoms with Crippen molar-refractivity contribution in [1.29, 1.82) is 0 Å². The molecule has 3 aliphatic heterocycles. The molecule has 2 N–H and O–H groups in total. The van der Waals surface area contributed by atoms with Crippen molar-refractivity contribution in [2.24, 2.45) is 0 Å². The normalized spacial score (nSPS) is 19.9. The second-order valence-electron chi connectivity index (χ2n) is 9.47. The Labute approximate surface area is 220 Å². The summed E-state index contributed by atoms with van der Waals surface area (Å²) in [6.45, 7) is 4.68. The van der Waals surface area contributed by atoms with E-state index in [1.54, 1.807) is 18.2 Å². The molecule has 3 aliphatic rings. The summed E-state index contributed by atoms with van der Waals surface area (Å²) in [7, 11) is 0. The molecule has 2 amide bonds. The van der Waals surface area contributed by atoms with Crippen molar-refractivity contribution in [3.05, 3.63) is 77.0 Å². The molecule has 2 aromatic carbocycles. The monoisotopic (exact) mass is 519 g/mol. The molecule has 0 saturated carbocycles. The Morgan fingerprint density at radius 3 is 2.74 bits per heavy atom. The number of amides is 2. The van der Waals surface area contributed by atoms with Crippen LogP contribution in [0.3, 0.4) is 0 Å². The van der Waals surface area contributed by atoms with E-state index in [1.165, 1.54) is 6.33 Å². The molecule has 0 aliphatic carbocycles. The zero-order valence-corrected chi connectivity index (χ0v) is 21.4. The number of fused-ring (bicyclic) bond motifs is 7. The molecule has 3 aromatic rings. The van der Waals surface area contributed by atoms with Gasteiger partial charge in [-0.2, -0.15) is 0 Å². The van der Waals surface area contributed by atoms with Crippen LogP contribution in [0.15, 0.2) is 48.8 Å². The van der Waals surface area contributed by atoms with E-state index in [1.807, 2.05) is 43.0 Å². The molecular formula is C28H30FN5O4. The Morgan fingerprint density at radius 1 is 1.13 bits per heavy atom. The molecule has 0 unspecified atom stereocenters. The molecule has 6 rings (SSSR count). The zero-order chi connectivity index (χ0) is 26.6. The summed E-state index contributed by atoms with van der Waals surface area (Å²) in [6, 6.07) is 12.1. The second kappa shape index (κ2) is 11.0. The lowest BCUT2D eigenvalue weighted by atomic mass is 10.0. The molecule has 0 spiro atoms. The van der Waals surface area contributed by atoms with E-state index in [0.29, 0.717) is 55.2 Å². The van der Waals surface area contributed by atoms with Crippen LogP contribution < -0.4 is 25.0 Å². The second-order valence-corrected chi connectivity index (χ2v) is 9.47. The van der Waals surface area contributed by atoms with Gasteiger partial charge in [0, 0.05) is 31.6 Å². The predicted molar refractivity (Wildman–Crippen MR) is 139 cm³/mol. The summed E-state index contributed by atoms with van der Waals surface area (Å²) >= 11 is 0. The number of anilines is 1. The van der Waals surface area contributed by atoms with Gasteiger partial charge in [-0.3, -0.25) is 9.59 Å². The number of carbonyl (C=O) groups is 2. The van der Waals surface area contributed by atoms with Crippen molar-refractivity contribution in [1.82, 2.24) is 20.6 Å². The lowest BCUT2D eigenvalue weighted by molar-refractivity contribution is -0.123. The molecule has 198 valence electrons. The highest BCUT2D eigenvalue weighted by Crippen LogP contribution is 2.26. The van der Waals surface area contributed by atoms with Crippen molar-refractivity contribution >= 4 is 17.6 Å². The van der Waals surface area contributed by atoms with Crippen LogP contribution in [0.1, 0.15) is 40.5 Å². The molecule has 0 radical (unpaired) electrons. The quantitative estimate of drug-likeness (QED) is 0.536. The largest absolute Gasteiger partial charge is 0.488 e. The van der Waals surface area contributed by atoms with Gasteiger partial charge in [-0.05, 0) is 48.7 Å². The van der Waals surface area contributed by atoms with Crippen molar-refractivity contribution in [3.8, 4) is 11.5 Å². The Bertz CT molecular complexity index is 1330. The topological polar surface area (TPSA) is 106 Å². The number of aromatic nitrogens is 2. The lowest BCUT2D eigenvalue weighted by Gasteiger charge is -2.39. The van der Waals surface area contributed by atoms with Crippen molar-refractivity contribution in [2.75, 3.05) is 24.6 Å². The van der Waals surface area contributed by atoms with Gasteiger partial charge < -0.3 is 25.0 Å². The van der Waals surface area contributed by atoms with Gasteiger partial charge in [0.15, 0.2) is 18.2 Å². The third-order valence-corrected chi connectivity index (χ3v) is 6.85. The minimum atomic E-state index is -0.458. The first-order chi connectivity index (χ1) is 18.4. The van der Waals surface area contributed by atoms with Gasteiger partial charge in [0.25, 0.3) is 11.8 Å². The van der Waals surface area contributed by atoms with E-state index in [0.717, 1.165) is 11.1 Å². The first-order valence-electron chi connectivity index (χ1n) is 12.7. The van der Waals surface area contributed by atoms with E-state index >= 15 is 4.39 Å². The van der Waals surface area contributed by atoms with Crippen molar-refractivity contribution < 1.29 is 23.5 Å². The zero-order valence-electron chi connectivity index (χ0n) is 21.4. The number of aryl methyl sites for hydroxylation is 2. The van der Waals surface area contributed by atoms with Crippen molar-refractivity contribution in [3.63, 3.8) is 0 Å². The summed E-state index contributed by atoms with van der Waals surface area (Å²) in [6.07, 6.45) is 2.01. The van der Waals surface area contributed by atoms with Crippen LogP contribution in [0, 0.1) is 12.7 Å². The first-order valence-corrected chi connectivity index (χ1v) is 12.7. The number of halogens is 1. The number of benzene rings is 2. The van der Waals surface area contributed by atoms with Crippen LogP contribution in [0.25, 0.3) is 0 Å². The van der Waals surface area contributed by atoms with Gasteiger partial charge in [-0.1, -0.05) is 25.1 Å². The van der Waals surface area contributed by atoms with E-state index in [9.17, 15) is 9.59 Å². The van der Waals surface area contributed by atoms with Crippen LogP contribution in [-0.4, -0.2) is 53.6 Å². The third kappa shape index (κ3) is 5.53. The highest BCUT2D eigenvalue weighted by Gasteiger charge is 2.34. The summed E-state index contributed by atoms with van der Waals surface area (Å²) in [5.74, 6) is 0.290. The molecule has 4 heterocycles. The smallest absolute Gasteiger partial charge is 0.258 e. The first kappa shape index (κ1) is 25.4. The fourth-order valence-corrected chi connectivity index (χ4v) is 4.67. The van der Waals surface area contributed by atoms with Gasteiger partial charge >= 0.3 is 0 Å². The molecule has 10 heteroatoms. The van der Waals surface area contributed by atoms with E-state index < -0.39 is 11.9 Å². The summed E-state index contributed by atoms with van der Waals surface area (Å²) in [5, 5.41) is 5.92. The Kier molecular flexibility index (Phi) is 7.39. The van der Waals surface area contributed by atoms with Crippen LogP contribution in [0.4, 0.5) is 10.2 Å². The van der Waals surface area contributed by atoms with Gasteiger partial charge in [0.1, 0.15) is 23.9 Å². The number of nitrogens with one attached hydrogen (secondary N) is 2. The van der Waals surface area contributed by atoms with Gasteiger partial charge in [0.2, 0.25) is 0 Å². The Hall–Kier alpha value is -4.21. The molecule has 38 heavy (non-hydrogen) atoms. The van der Waals surface area contributed by atoms with Crippen LogP contribution in [-0.2, 0) is 17.8 Å². The fraction of sp³-hybridized carbons (Fsp3) is 0.357. The predicted octanol–water partition coefficient (Wildman–Crippen LogP) is 2.95. The average molecular weight is 520 g/mol. The summed E-state index contributed by atoms with van der Waals surface area (Å²) in [5.41, 5.74) is 2.46. The standard InChI is InChI=1S/C28H30FN5O4/c1-3-21-26(29)27(32-16-31-21)34-11-10-23-22(14-34)33-28(36)19-7-4-17(2)24(12-19)37-15-25(35)30-13-18-5-8-20(38-23)9-6-18/h4-9,12,16,22-23H,3,10-11,13-15H2,1-2H3,(H,30,35)(H,33,36)/t22-,23-/m0/s1. The lowest BCUT2D eigenvalue weighted by Crippen LogP contribution is -2.57. The molecule has 4 bridgehead atoms.